The van der Waals surface area contributed by atoms with Crippen LogP contribution in [0.1, 0.15) is 19.3 Å². The number of benzene rings is 1. The molecule has 0 amide bonds. The first-order chi connectivity index (χ1) is 9.84. The van der Waals surface area contributed by atoms with Gasteiger partial charge in [0.15, 0.2) is 0 Å². The lowest BCUT2D eigenvalue weighted by Crippen LogP contribution is -2.38. The van der Waals surface area contributed by atoms with Gasteiger partial charge in [-0.05, 0) is 47.3 Å². The van der Waals surface area contributed by atoms with E-state index in [1.54, 1.807) is 12.1 Å². The molecule has 21 heavy (non-hydrogen) atoms. The van der Waals surface area contributed by atoms with Crippen molar-refractivity contribution in [2.75, 3.05) is 0 Å². The van der Waals surface area contributed by atoms with Crippen molar-refractivity contribution in [1.82, 2.24) is 4.31 Å². The van der Waals surface area contributed by atoms with Crippen molar-refractivity contribution in [1.29, 1.82) is 0 Å². The summed E-state index contributed by atoms with van der Waals surface area (Å²) in [6.07, 6.45) is 1.70. The third-order valence-electron chi connectivity index (χ3n) is 4.26. The van der Waals surface area contributed by atoms with Gasteiger partial charge in [-0.15, -0.1) is 0 Å². The summed E-state index contributed by atoms with van der Waals surface area (Å²) in [4.78, 5) is 11.4. The molecule has 2 saturated heterocycles. The van der Waals surface area contributed by atoms with Crippen LogP contribution in [-0.2, 0) is 14.8 Å². The smallest absolute Gasteiger partial charge is 0.308 e. The number of aliphatic carboxylic acids is 1. The number of sulfonamides is 1. The Morgan fingerprint density at radius 3 is 2.71 bits per heavy atom. The molecule has 1 aromatic carbocycles. The zero-order chi connectivity index (χ0) is 15.4. The van der Waals surface area contributed by atoms with E-state index in [0.717, 1.165) is 0 Å². The average molecular weight is 395 g/mol. The second-order valence-electron chi connectivity index (χ2n) is 5.37. The number of nitrogens with zero attached hydrogens (tertiary/aromatic N) is 1. The van der Waals surface area contributed by atoms with E-state index < -0.39 is 28.0 Å². The Labute approximate surface area is 136 Å². The molecule has 3 rings (SSSR count). The monoisotopic (exact) mass is 393 g/mol. The Balaban J connectivity index is 2.04. The molecule has 8 heteroatoms. The molecule has 2 bridgehead atoms. The van der Waals surface area contributed by atoms with Crippen LogP contribution in [0.25, 0.3) is 0 Å². The summed E-state index contributed by atoms with van der Waals surface area (Å²) in [5.74, 6) is -1.54. The fraction of sp³-hybridized carbons (Fsp3) is 0.462. The standard InChI is InChI=1S/C13H13BrClNO4S/c14-12-9(15)2-1-3-11(12)21(19,20)16-7-4-5-10(16)8(6-7)13(17)18/h1-3,7-8,10H,4-6H2,(H,17,18). The summed E-state index contributed by atoms with van der Waals surface area (Å²) in [5, 5.41) is 9.55. The number of carboxylic acids is 1. The fourth-order valence-electron chi connectivity index (χ4n) is 3.38. The molecule has 114 valence electrons. The summed E-state index contributed by atoms with van der Waals surface area (Å²) >= 11 is 9.18. The molecule has 2 heterocycles. The van der Waals surface area contributed by atoms with Gasteiger partial charge in [-0.3, -0.25) is 4.79 Å². The van der Waals surface area contributed by atoms with Crippen LogP contribution in [0.5, 0.6) is 0 Å². The van der Waals surface area contributed by atoms with Crippen LogP contribution in [0.3, 0.4) is 0 Å². The summed E-state index contributed by atoms with van der Waals surface area (Å²) < 4.78 is 27.5. The van der Waals surface area contributed by atoms with E-state index in [1.807, 2.05) is 0 Å². The first kappa shape index (κ1) is 15.3. The van der Waals surface area contributed by atoms with Crippen LogP contribution >= 0.6 is 27.5 Å². The van der Waals surface area contributed by atoms with Gasteiger partial charge in [0.1, 0.15) is 0 Å². The highest BCUT2D eigenvalue weighted by atomic mass is 79.9. The highest BCUT2D eigenvalue weighted by Crippen LogP contribution is 2.46. The number of fused-ring (bicyclic) bond motifs is 2. The molecule has 1 aromatic rings. The predicted molar refractivity (Wildman–Crippen MR) is 80.7 cm³/mol. The molecule has 2 fully saturated rings. The third kappa shape index (κ3) is 2.30. The minimum absolute atomic E-state index is 0.0953. The first-order valence-electron chi connectivity index (χ1n) is 6.54. The lowest BCUT2D eigenvalue weighted by Gasteiger charge is -2.23. The normalized spacial score (nSPS) is 29.0. The van der Waals surface area contributed by atoms with E-state index in [1.165, 1.54) is 10.4 Å². The molecule has 2 aliphatic heterocycles. The SMILES string of the molecule is O=C(O)C1CC2CCC1N2S(=O)(=O)c1cccc(Cl)c1Br. The average Bonchev–Trinajstić information content (AvgIpc) is 2.99. The molecule has 5 nitrogen and oxygen atoms in total. The van der Waals surface area contributed by atoms with Crippen LogP contribution in [0.15, 0.2) is 27.6 Å². The van der Waals surface area contributed by atoms with Crippen molar-refractivity contribution < 1.29 is 18.3 Å². The third-order valence-corrected chi connectivity index (χ3v) is 7.94. The molecule has 0 spiro atoms. The number of carboxylic acid groups (broad SMARTS) is 1. The summed E-state index contributed by atoms with van der Waals surface area (Å²) in [6, 6.07) is 3.98. The zero-order valence-corrected chi connectivity index (χ0v) is 14.0. The number of hydrogen-bond acceptors (Lipinski definition) is 3. The van der Waals surface area contributed by atoms with E-state index >= 15 is 0 Å². The van der Waals surface area contributed by atoms with Crippen LogP contribution in [0, 0.1) is 5.92 Å². The van der Waals surface area contributed by atoms with Crippen LogP contribution in [0.4, 0.5) is 0 Å². The molecule has 0 radical (unpaired) electrons. The maximum Gasteiger partial charge on any atom is 0.308 e. The largest absolute Gasteiger partial charge is 0.481 e. The van der Waals surface area contributed by atoms with E-state index in [2.05, 4.69) is 15.9 Å². The maximum atomic E-state index is 12.9. The molecule has 3 atom stereocenters. The Bertz CT molecular complexity index is 708. The van der Waals surface area contributed by atoms with E-state index in [-0.39, 0.29) is 10.9 Å². The van der Waals surface area contributed by atoms with Crippen LogP contribution < -0.4 is 0 Å². The lowest BCUT2D eigenvalue weighted by molar-refractivity contribution is -0.142. The zero-order valence-electron chi connectivity index (χ0n) is 10.9. The van der Waals surface area contributed by atoms with E-state index in [4.69, 9.17) is 11.6 Å². The number of hydrogen-bond donors (Lipinski definition) is 1. The van der Waals surface area contributed by atoms with Gasteiger partial charge in [-0.2, -0.15) is 4.31 Å². The number of halogens is 2. The molecule has 0 saturated carbocycles. The molecule has 3 unspecified atom stereocenters. The van der Waals surface area contributed by atoms with E-state index in [9.17, 15) is 18.3 Å². The van der Waals surface area contributed by atoms with Crippen molar-refractivity contribution in [2.45, 2.75) is 36.2 Å². The second-order valence-corrected chi connectivity index (χ2v) is 8.38. The van der Waals surface area contributed by atoms with Gasteiger partial charge in [0.25, 0.3) is 0 Å². The highest BCUT2D eigenvalue weighted by molar-refractivity contribution is 9.10. The Morgan fingerprint density at radius 2 is 2.10 bits per heavy atom. The minimum atomic E-state index is -3.76. The van der Waals surface area contributed by atoms with Crippen molar-refractivity contribution in [3.8, 4) is 0 Å². The topological polar surface area (TPSA) is 74.7 Å². The van der Waals surface area contributed by atoms with Crippen molar-refractivity contribution in [2.24, 2.45) is 5.92 Å². The van der Waals surface area contributed by atoms with Gasteiger partial charge >= 0.3 is 5.97 Å². The summed E-state index contributed by atoms with van der Waals surface area (Å²) in [5.41, 5.74) is 0. The first-order valence-corrected chi connectivity index (χ1v) is 9.15. The van der Waals surface area contributed by atoms with Crippen molar-refractivity contribution in [3.05, 3.63) is 27.7 Å². The van der Waals surface area contributed by atoms with Gasteiger partial charge in [0.05, 0.1) is 20.3 Å². The summed E-state index contributed by atoms with van der Waals surface area (Å²) in [7, 11) is -3.76. The molecule has 0 aromatic heterocycles. The molecular formula is C13H13BrClNO4S. The second kappa shape index (κ2) is 5.22. The van der Waals surface area contributed by atoms with Crippen LogP contribution in [0.2, 0.25) is 5.02 Å². The lowest BCUT2D eigenvalue weighted by atomic mass is 9.89. The molecule has 0 aliphatic carbocycles. The molecule has 1 N–H and O–H groups in total. The van der Waals surface area contributed by atoms with Crippen molar-refractivity contribution >= 4 is 43.5 Å². The number of carbonyl (C=O) groups is 1. The Hall–Kier alpha value is -0.630. The molecule has 2 aliphatic rings. The minimum Gasteiger partial charge on any atom is -0.481 e. The van der Waals surface area contributed by atoms with Crippen LogP contribution in [-0.4, -0.2) is 35.9 Å². The predicted octanol–water partition coefficient (Wildman–Crippen LogP) is 2.73. The summed E-state index contributed by atoms with van der Waals surface area (Å²) in [6.45, 7) is 0. The Kier molecular flexibility index (Phi) is 3.80. The maximum absolute atomic E-state index is 12.9. The van der Waals surface area contributed by atoms with Gasteiger partial charge in [0.2, 0.25) is 10.0 Å². The quantitative estimate of drug-likeness (QED) is 0.855. The highest BCUT2D eigenvalue weighted by Gasteiger charge is 2.54. The van der Waals surface area contributed by atoms with Gasteiger partial charge in [0, 0.05) is 12.1 Å². The number of rotatable bonds is 3. The molecular weight excluding hydrogens is 382 g/mol. The van der Waals surface area contributed by atoms with Gasteiger partial charge in [-0.1, -0.05) is 17.7 Å². The van der Waals surface area contributed by atoms with Crippen molar-refractivity contribution in [3.63, 3.8) is 0 Å². The van der Waals surface area contributed by atoms with Gasteiger partial charge < -0.3 is 5.11 Å². The van der Waals surface area contributed by atoms with E-state index in [0.29, 0.717) is 28.8 Å². The Morgan fingerprint density at radius 1 is 1.38 bits per heavy atom. The van der Waals surface area contributed by atoms with Gasteiger partial charge in [-0.25, -0.2) is 8.42 Å². The fourth-order valence-corrected chi connectivity index (χ4v) is 6.49.